The Morgan fingerprint density at radius 3 is 3.21 bits per heavy atom. The van der Waals surface area contributed by atoms with Crippen molar-refractivity contribution in [3.05, 3.63) is 29.3 Å². The fourth-order valence-electron chi connectivity index (χ4n) is 1.87. The molecule has 0 spiro atoms. The van der Waals surface area contributed by atoms with Gasteiger partial charge in [0.05, 0.1) is 6.10 Å². The van der Waals surface area contributed by atoms with Crippen LogP contribution in [0.4, 0.5) is 0 Å². The summed E-state index contributed by atoms with van der Waals surface area (Å²) in [5.41, 5.74) is 2.09. The minimum atomic E-state index is -0.390. The highest BCUT2D eigenvalue weighted by Gasteiger charge is 2.23. The Hall–Kier alpha value is -1.46. The van der Waals surface area contributed by atoms with E-state index in [0.717, 1.165) is 24.2 Å². The Labute approximate surface area is 83.5 Å². The minimum absolute atomic E-state index is 0.253. The zero-order chi connectivity index (χ0) is 9.97. The van der Waals surface area contributed by atoms with Crippen LogP contribution in [0.15, 0.2) is 18.2 Å². The molecule has 1 aromatic carbocycles. The molecule has 2 rings (SSSR count). The van der Waals surface area contributed by atoms with Crippen molar-refractivity contribution >= 4 is 0 Å². The molecule has 1 aliphatic rings. The van der Waals surface area contributed by atoms with E-state index in [4.69, 9.17) is 11.2 Å². The van der Waals surface area contributed by atoms with Crippen LogP contribution in [0.2, 0.25) is 0 Å². The maximum Gasteiger partial charge on any atom is 0.148 e. The van der Waals surface area contributed by atoms with Crippen LogP contribution >= 0.6 is 0 Å². The molecule has 0 aromatic heterocycles. The zero-order valence-corrected chi connectivity index (χ0v) is 7.86. The molecular weight excluding hydrogens is 176 g/mol. The second-order valence-corrected chi connectivity index (χ2v) is 3.38. The van der Waals surface area contributed by atoms with Crippen LogP contribution in [-0.2, 0) is 6.42 Å². The van der Waals surface area contributed by atoms with Gasteiger partial charge < -0.3 is 9.84 Å². The molecule has 14 heavy (non-hydrogen) atoms. The van der Waals surface area contributed by atoms with Gasteiger partial charge in [0.1, 0.15) is 12.4 Å². The van der Waals surface area contributed by atoms with E-state index >= 15 is 0 Å². The van der Waals surface area contributed by atoms with Crippen LogP contribution in [0, 0.1) is 12.3 Å². The van der Waals surface area contributed by atoms with Gasteiger partial charge in [0.2, 0.25) is 0 Å². The van der Waals surface area contributed by atoms with Gasteiger partial charge in [-0.05, 0) is 24.5 Å². The second kappa shape index (κ2) is 3.73. The first-order chi connectivity index (χ1) is 6.83. The maximum absolute atomic E-state index is 9.73. The molecule has 1 atom stereocenters. The lowest BCUT2D eigenvalue weighted by molar-refractivity contribution is 0.175. The number of benzene rings is 1. The van der Waals surface area contributed by atoms with Gasteiger partial charge >= 0.3 is 0 Å². The summed E-state index contributed by atoms with van der Waals surface area (Å²) in [6, 6.07) is 5.81. The van der Waals surface area contributed by atoms with Crippen LogP contribution in [0.3, 0.4) is 0 Å². The number of aryl methyl sites for hydroxylation is 1. The van der Waals surface area contributed by atoms with Crippen molar-refractivity contribution in [2.45, 2.75) is 18.9 Å². The fourth-order valence-corrected chi connectivity index (χ4v) is 1.87. The van der Waals surface area contributed by atoms with Crippen LogP contribution in [-0.4, -0.2) is 11.7 Å². The number of hydrogen-bond donors (Lipinski definition) is 1. The third-order valence-corrected chi connectivity index (χ3v) is 2.49. The van der Waals surface area contributed by atoms with Crippen molar-refractivity contribution < 1.29 is 9.84 Å². The highest BCUT2D eigenvalue weighted by Crippen LogP contribution is 2.37. The van der Waals surface area contributed by atoms with E-state index in [1.165, 1.54) is 5.56 Å². The summed E-state index contributed by atoms with van der Waals surface area (Å²) in [5, 5.41) is 9.73. The Balaban J connectivity index is 2.33. The summed E-state index contributed by atoms with van der Waals surface area (Å²) >= 11 is 0. The molecule has 2 heteroatoms. The van der Waals surface area contributed by atoms with Gasteiger partial charge in [0.25, 0.3) is 0 Å². The lowest BCUT2D eigenvalue weighted by Gasteiger charge is -2.10. The average molecular weight is 188 g/mol. The highest BCUT2D eigenvalue weighted by atomic mass is 16.5. The summed E-state index contributed by atoms with van der Waals surface area (Å²) in [6.45, 7) is 0.253. The molecule has 0 amide bonds. The molecule has 72 valence electrons. The van der Waals surface area contributed by atoms with Crippen molar-refractivity contribution in [2.24, 2.45) is 0 Å². The summed E-state index contributed by atoms with van der Waals surface area (Å²) in [6.07, 6.45) is 6.43. The van der Waals surface area contributed by atoms with E-state index in [0.29, 0.717) is 0 Å². The lowest BCUT2D eigenvalue weighted by atomic mass is 10.1. The number of aliphatic hydroxyl groups excluding tert-OH is 1. The third-order valence-electron chi connectivity index (χ3n) is 2.49. The Morgan fingerprint density at radius 2 is 2.43 bits per heavy atom. The van der Waals surface area contributed by atoms with E-state index < -0.39 is 0 Å². The van der Waals surface area contributed by atoms with Gasteiger partial charge in [-0.3, -0.25) is 0 Å². The van der Waals surface area contributed by atoms with E-state index in [9.17, 15) is 5.11 Å². The van der Waals surface area contributed by atoms with Crippen LogP contribution in [0.5, 0.6) is 5.75 Å². The molecule has 0 fully saturated rings. The molecule has 0 heterocycles. The molecule has 1 aromatic rings. The van der Waals surface area contributed by atoms with Gasteiger partial charge in [-0.2, -0.15) is 0 Å². The summed E-state index contributed by atoms with van der Waals surface area (Å²) in [4.78, 5) is 0. The van der Waals surface area contributed by atoms with Crippen LogP contribution in [0.1, 0.15) is 23.7 Å². The smallest absolute Gasteiger partial charge is 0.148 e. The largest absolute Gasteiger partial charge is 0.481 e. The SMILES string of the molecule is C#CCOc1cccc2c1[C@@H](O)CC2. The Kier molecular flexibility index (Phi) is 2.43. The third kappa shape index (κ3) is 1.47. The second-order valence-electron chi connectivity index (χ2n) is 3.38. The average Bonchev–Trinajstić information content (AvgIpc) is 2.58. The van der Waals surface area contributed by atoms with Crippen molar-refractivity contribution in [3.8, 4) is 18.1 Å². The number of hydrogen-bond acceptors (Lipinski definition) is 2. The van der Waals surface area contributed by atoms with Crippen molar-refractivity contribution in [1.29, 1.82) is 0 Å². The van der Waals surface area contributed by atoms with Crippen LogP contribution in [0.25, 0.3) is 0 Å². The molecule has 1 aliphatic carbocycles. The predicted molar refractivity (Wildman–Crippen MR) is 54.1 cm³/mol. The summed E-state index contributed by atoms with van der Waals surface area (Å²) < 4.78 is 5.37. The number of terminal acetylenes is 1. The van der Waals surface area contributed by atoms with Gasteiger partial charge in [-0.1, -0.05) is 18.1 Å². The predicted octanol–water partition coefficient (Wildman–Crippen LogP) is 1.68. The molecule has 1 N–H and O–H groups in total. The highest BCUT2D eigenvalue weighted by molar-refractivity contribution is 5.44. The van der Waals surface area contributed by atoms with Crippen LogP contribution < -0.4 is 4.74 Å². The van der Waals surface area contributed by atoms with E-state index in [-0.39, 0.29) is 12.7 Å². The molecule has 2 nitrogen and oxygen atoms in total. The molecule has 0 unspecified atom stereocenters. The maximum atomic E-state index is 9.73. The van der Waals surface area contributed by atoms with Crippen molar-refractivity contribution in [3.63, 3.8) is 0 Å². The first-order valence-electron chi connectivity index (χ1n) is 4.69. The van der Waals surface area contributed by atoms with Gasteiger partial charge in [-0.15, -0.1) is 6.42 Å². The van der Waals surface area contributed by atoms with E-state index in [2.05, 4.69) is 5.92 Å². The van der Waals surface area contributed by atoms with E-state index in [1.807, 2.05) is 18.2 Å². The monoisotopic (exact) mass is 188 g/mol. The molecule has 0 aliphatic heterocycles. The molecule has 0 radical (unpaired) electrons. The fraction of sp³-hybridized carbons (Fsp3) is 0.333. The topological polar surface area (TPSA) is 29.5 Å². The number of rotatable bonds is 2. The Bertz CT molecular complexity index is 376. The van der Waals surface area contributed by atoms with Gasteiger partial charge in [-0.25, -0.2) is 0 Å². The molecular formula is C12H12O2. The standard InChI is InChI=1S/C12H12O2/c1-2-8-14-11-5-3-4-9-6-7-10(13)12(9)11/h1,3-5,10,13H,6-8H2/t10-/m0/s1. The van der Waals surface area contributed by atoms with E-state index in [1.54, 1.807) is 0 Å². The molecule has 0 bridgehead atoms. The lowest BCUT2D eigenvalue weighted by Crippen LogP contribution is -2.00. The Morgan fingerprint density at radius 1 is 1.57 bits per heavy atom. The zero-order valence-electron chi connectivity index (χ0n) is 7.86. The number of fused-ring (bicyclic) bond motifs is 1. The number of ether oxygens (including phenoxy) is 1. The van der Waals surface area contributed by atoms with Gasteiger partial charge in [0, 0.05) is 5.56 Å². The minimum Gasteiger partial charge on any atom is -0.481 e. The first-order valence-corrected chi connectivity index (χ1v) is 4.69. The molecule has 0 saturated heterocycles. The number of aliphatic hydroxyl groups is 1. The summed E-state index contributed by atoms with van der Waals surface area (Å²) in [7, 11) is 0. The van der Waals surface area contributed by atoms with Crippen molar-refractivity contribution in [1.82, 2.24) is 0 Å². The van der Waals surface area contributed by atoms with Gasteiger partial charge in [0.15, 0.2) is 0 Å². The van der Waals surface area contributed by atoms with Crippen molar-refractivity contribution in [2.75, 3.05) is 6.61 Å². The summed E-state index contributed by atoms with van der Waals surface area (Å²) in [5.74, 6) is 3.15. The quantitative estimate of drug-likeness (QED) is 0.715. The molecule has 0 saturated carbocycles. The first kappa shape index (κ1) is 9.11. The normalized spacial score (nSPS) is 18.7.